The van der Waals surface area contributed by atoms with Crippen LogP contribution in [0.3, 0.4) is 0 Å². The van der Waals surface area contributed by atoms with E-state index in [2.05, 4.69) is 34.5 Å². The van der Waals surface area contributed by atoms with Crippen molar-refractivity contribution in [2.75, 3.05) is 29.9 Å². The number of nitrogens with zero attached hydrogens (tertiary/aromatic N) is 3. The van der Waals surface area contributed by atoms with Crippen LogP contribution in [0.25, 0.3) is 0 Å². The van der Waals surface area contributed by atoms with Gasteiger partial charge in [-0.05, 0) is 18.2 Å². The van der Waals surface area contributed by atoms with E-state index >= 15 is 0 Å². The third-order valence-corrected chi connectivity index (χ3v) is 4.70. The van der Waals surface area contributed by atoms with Crippen molar-refractivity contribution in [3.05, 3.63) is 71.7 Å². The number of hydrogen-bond donors (Lipinski definition) is 1. The third kappa shape index (κ3) is 2.12. The van der Waals surface area contributed by atoms with E-state index in [0.717, 1.165) is 35.7 Å². The van der Waals surface area contributed by atoms with Gasteiger partial charge < -0.3 is 15.5 Å². The normalized spacial score (nSPS) is 19.7. The van der Waals surface area contributed by atoms with Crippen molar-refractivity contribution in [1.29, 1.82) is 0 Å². The summed E-state index contributed by atoms with van der Waals surface area (Å²) in [4.78, 5) is 8.93. The molecule has 2 aromatic carbocycles. The lowest BCUT2D eigenvalue weighted by Crippen LogP contribution is -2.42. The third-order valence-electron chi connectivity index (χ3n) is 4.70. The fourth-order valence-corrected chi connectivity index (χ4v) is 3.39. The zero-order chi connectivity index (χ0) is 16.8. The lowest BCUT2D eigenvalue weighted by molar-refractivity contribution is 0.625. The largest absolute Gasteiger partial charge is 0.371 e. The highest BCUT2D eigenvalue weighted by Gasteiger charge is 2.32. The summed E-state index contributed by atoms with van der Waals surface area (Å²) in [5.74, 6) is -0.302. The van der Waals surface area contributed by atoms with E-state index in [1.807, 2.05) is 18.2 Å². The molecule has 5 heteroatoms. The van der Waals surface area contributed by atoms with Crippen molar-refractivity contribution in [2.24, 2.45) is 10.7 Å². The van der Waals surface area contributed by atoms with Crippen LogP contribution in [-0.2, 0) is 0 Å². The SMILES string of the molecule is C=C1C(N)N=C(c2ccccc2F)c2cccc3c2N1CCN3C. The Morgan fingerprint density at radius 2 is 1.88 bits per heavy atom. The second kappa shape index (κ2) is 5.46. The first-order chi connectivity index (χ1) is 11.6. The Morgan fingerprint density at radius 3 is 2.67 bits per heavy atom. The first kappa shape index (κ1) is 14.9. The maximum Gasteiger partial charge on any atom is 0.138 e. The van der Waals surface area contributed by atoms with Gasteiger partial charge in [-0.15, -0.1) is 0 Å². The molecule has 1 atom stereocenters. The van der Waals surface area contributed by atoms with Gasteiger partial charge in [0.25, 0.3) is 0 Å². The van der Waals surface area contributed by atoms with Crippen LogP contribution >= 0.6 is 0 Å². The Balaban J connectivity index is 2.02. The van der Waals surface area contributed by atoms with Gasteiger partial charge >= 0.3 is 0 Å². The van der Waals surface area contributed by atoms with Gasteiger partial charge in [-0.2, -0.15) is 0 Å². The van der Waals surface area contributed by atoms with Gasteiger partial charge in [0.15, 0.2) is 0 Å². The van der Waals surface area contributed by atoms with Gasteiger partial charge in [-0.1, -0.05) is 30.8 Å². The van der Waals surface area contributed by atoms with Crippen molar-refractivity contribution in [1.82, 2.24) is 0 Å². The van der Waals surface area contributed by atoms with Crippen molar-refractivity contribution in [3.63, 3.8) is 0 Å². The highest BCUT2D eigenvalue weighted by molar-refractivity contribution is 6.18. The molecule has 0 bridgehead atoms. The summed E-state index contributed by atoms with van der Waals surface area (Å²) < 4.78 is 14.4. The minimum Gasteiger partial charge on any atom is -0.371 e. The summed E-state index contributed by atoms with van der Waals surface area (Å²) in [6.07, 6.45) is -0.594. The first-order valence-electron chi connectivity index (χ1n) is 7.97. The van der Waals surface area contributed by atoms with Gasteiger partial charge in [0.1, 0.15) is 12.0 Å². The van der Waals surface area contributed by atoms with E-state index in [9.17, 15) is 4.39 Å². The lowest BCUT2D eigenvalue weighted by atomic mass is 9.97. The molecule has 0 spiro atoms. The number of halogens is 1. The minimum atomic E-state index is -0.594. The molecule has 0 radical (unpaired) electrons. The highest BCUT2D eigenvalue weighted by Crippen LogP contribution is 2.40. The zero-order valence-electron chi connectivity index (χ0n) is 13.5. The Bertz CT molecular complexity index is 858. The van der Waals surface area contributed by atoms with E-state index < -0.39 is 6.17 Å². The molecule has 4 nitrogen and oxygen atoms in total. The monoisotopic (exact) mass is 322 g/mol. The Kier molecular flexibility index (Phi) is 3.39. The van der Waals surface area contributed by atoms with Crippen LogP contribution < -0.4 is 15.5 Å². The lowest BCUT2D eigenvalue weighted by Gasteiger charge is -2.38. The molecule has 2 aliphatic rings. The standard InChI is InChI=1S/C19H19FN4/c1-12-19(21)22-17(13-6-3-4-8-15(13)20)14-7-5-9-16-18(14)24(12)11-10-23(16)2/h3-9,19H,1,10-11,21H2,2H3. The van der Waals surface area contributed by atoms with Crippen LogP contribution in [0.15, 0.2) is 59.7 Å². The van der Waals surface area contributed by atoms with Gasteiger partial charge in [0.05, 0.1) is 22.8 Å². The quantitative estimate of drug-likeness (QED) is 0.878. The number of aliphatic imine (C=N–C) groups is 1. The predicted octanol–water partition coefficient (Wildman–Crippen LogP) is 2.73. The molecule has 2 N–H and O–H groups in total. The molecule has 0 amide bonds. The van der Waals surface area contributed by atoms with Gasteiger partial charge in [-0.25, -0.2) is 4.39 Å². The summed E-state index contributed by atoms with van der Waals surface area (Å²) >= 11 is 0. The van der Waals surface area contributed by atoms with Crippen LogP contribution in [0.4, 0.5) is 15.8 Å². The smallest absolute Gasteiger partial charge is 0.138 e. The van der Waals surface area contributed by atoms with E-state index in [1.54, 1.807) is 12.1 Å². The molecule has 0 saturated carbocycles. The zero-order valence-corrected chi connectivity index (χ0v) is 13.5. The topological polar surface area (TPSA) is 44.9 Å². The van der Waals surface area contributed by atoms with Crippen LogP contribution in [0.2, 0.25) is 0 Å². The molecule has 0 saturated heterocycles. The van der Waals surface area contributed by atoms with Gasteiger partial charge in [0.2, 0.25) is 0 Å². The fraction of sp³-hybridized carbons (Fsp3) is 0.211. The van der Waals surface area contributed by atoms with E-state index in [0.29, 0.717) is 11.3 Å². The van der Waals surface area contributed by atoms with Crippen LogP contribution in [-0.4, -0.2) is 32.0 Å². The average Bonchev–Trinajstić information content (AvgIpc) is 2.69. The van der Waals surface area contributed by atoms with Gasteiger partial charge in [-0.3, -0.25) is 4.99 Å². The van der Waals surface area contributed by atoms with Crippen LogP contribution in [0.5, 0.6) is 0 Å². The Morgan fingerprint density at radius 1 is 1.12 bits per heavy atom. The van der Waals surface area contributed by atoms with Crippen molar-refractivity contribution in [3.8, 4) is 0 Å². The average molecular weight is 322 g/mol. The van der Waals surface area contributed by atoms with Crippen LogP contribution in [0, 0.1) is 5.82 Å². The maximum atomic E-state index is 14.4. The molecule has 0 aliphatic carbocycles. The highest BCUT2D eigenvalue weighted by atomic mass is 19.1. The summed E-state index contributed by atoms with van der Waals surface area (Å²) in [6, 6.07) is 12.7. The minimum absolute atomic E-state index is 0.302. The number of hydrogen-bond acceptors (Lipinski definition) is 4. The molecule has 0 fully saturated rings. The molecule has 24 heavy (non-hydrogen) atoms. The van der Waals surface area contributed by atoms with E-state index in [-0.39, 0.29) is 5.82 Å². The van der Waals surface area contributed by atoms with Crippen molar-refractivity contribution >= 4 is 17.1 Å². The molecule has 2 heterocycles. The molecule has 122 valence electrons. The second-order valence-corrected chi connectivity index (χ2v) is 6.14. The summed E-state index contributed by atoms with van der Waals surface area (Å²) in [6.45, 7) is 5.80. The van der Waals surface area contributed by atoms with E-state index in [1.165, 1.54) is 6.07 Å². The number of anilines is 2. The molecule has 2 aromatic rings. The fourth-order valence-electron chi connectivity index (χ4n) is 3.39. The predicted molar refractivity (Wildman–Crippen MR) is 96.2 cm³/mol. The summed E-state index contributed by atoms with van der Waals surface area (Å²) in [7, 11) is 2.06. The number of benzene rings is 2. The molecule has 4 rings (SSSR count). The second-order valence-electron chi connectivity index (χ2n) is 6.14. The number of rotatable bonds is 1. The Labute approximate surface area is 140 Å². The summed E-state index contributed by atoms with van der Waals surface area (Å²) in [5.41, 5.74) is 11.0. The number of nitrogens with two attached hydrogens (primary N) is 1. The summed E-state index contributed by atoms with van der Waals surface area (Å²) in [5, 5.41) is 0. The molecule has 2 aliphatic heterocycles. The maximum absolute atomic E-state index is 14.4. The number of likely N-dealkylation sites (N-methyl/N-ethyl adjacent to an activating group) is 1. The number of para-hydroxylation sites is 1. The van der Waals surface area contributed by atoms with Gasteiger partial charge in [0, 0.05) is 31.3 Å². The van der Waals surface area contributed by atoms with Crippen molar-refractivity contribution in [2.45, 2.75) is 6.17 Å². The van der Waals surface area contributed by atoms with Crippen LogP contribution in [0.1, 0.15) is 11.1 Å². The molecular formula is C19H19FN4. The molecule has 1 unspecified atom stereocenters. The Hall–Kier alpha value is -2.66. The van der Waals surface area contributed by atoms with E-state index in [4.69, 9.17) is 5.73 Å². The van der Waals surface area contributed by atoms with Crippen molar-refractivity contribution < 1.29 is 4.39 Å². The first-order valence-corrected chi connectivity index (χ1v) is 7.97. The molecular weight excluding hydrogens is 303 g/mol. The molecule has 0 aromatic heterocycles.